The first kappa shape index (κ1) is 12.9. The van der Waals surface area contributed by atoms with Crippen molar-refractivity contribution in [1.29, 1.82) is 0 Å². The molecule has 0 aromatic heterocycles. The molecule has 0 aliphatic rings. The summed E-state index contributed by atoms with van der Waals surface area (Å²) in [4.78, 5) is 10.2. The second-order valence-electron chi connectivity index (χ2n) is 3.43. The molecule has 0 fully saturated rings. The first-order chi connectivity index (χ1) is 6.56. The lowest BCUT2D eigenvalue weighted by Crippen LogP contribution is -2.06. The second kappa shape index (κ2) is 7.33. The summed E-state index contributed by atoms with van der Waals surface area (Å²) in [7, 11) is 0. The monoisotopic (exact) mass is 198 g/mol. The molecule has 0 aromatic rings. The number of rotatable bonds is 7. The lowest BCUT2D eigenvalue weighted by atomic mass is 10.0. The van der Waals surface area contributed by atoms with Crippen molar-refractivity contribution in [3.8, 4) is 0 Å². The highest BCUT2D eigenvalue weighted by atomic mass is 16.4. The van der Waals surface area contributed by atoms with Crippen LogP contribution in [-0.2, 0) is 4.79 Å². The van der Waals surface area contributed by atoms with Gasteiger partial charge in [0.15, 0.2) is 0 Å². The van der Waals surface area contributed by atoms with Crippen molar-refractivity contribution < 1.29 is 15.0 Å². The predicted octanol–water partition coefficient (Wildman–Crippen LogP) is 1.98. The Morgan fingerprint density at radius 1 is 1.50 bits per heavy atom. The Bertz CT molecular complexity index is 209. The van der Waals surface area contributed by atoms with Crippen molar-refractivity contribution in [3.63, 3.8) is 0 Å². The molecule has 14 heavy (non-hydrogen) atoms. The number of aliphatic hydroxyl groups excluding tert-OH is 1. The van der Waals surface area contributed by atoms with E-state index >= 15 is 0 Å². The number of hydrogen-bond acceptors (Lipinski definition) is 2. The summed E-state index contributed by atoms with van der Waals surface area (Å²) in [6.07, 6.45) is 6.18. The maximum Gasteiger partial charge on any atom is 0.327 e. The quantitative estimate of drug-likeness (QED) is 0.486. The van der Waals surface area contributed by atoms with E-state index in [0.717, 1.165) is 12.5 Å². The van der Waals surface area contributed by atoms with Gasteiger partial charge in [0.2, 0.25) is 0 Å². The van der Waals surface area contributed by atoms with Crippen molar-refractivity contribution in [3.05, 3.63) is 24.8 Å². The third kappa shape index (κ3) is 7.55. The molecule has 0 amide bonds. The molecule has 0 unspecified atom stereocenters. The van der Waals surface area contributed by atoms with E-state index < -0.39 is 5.97 Å². The van der Waals surface area contributed by atoms with E-state index in [1.807, 2.05) is 6.92 Å². The maximum atomic E-state index is 10.2. The number of aliphatic carboxylic acids is 1. The molecule has 80 valence electrons. The van der Waals surface area contributed by atoms with Gasteiger partial charge in [-0.1, -0.05) is 19.1 Å². The summed E-state index contributed by atoms with van der Waals surface area (Å²) < 4.78 is 0. The Morgan fingerprint density at radius 3 is 2.64 bits per heavy atom. The van der Waals surface area contributed by atoms with E-state index in [1.165, 1.54) is 0 Å². The van der Waals surface area contributed by atoms with Crippen molar-refractivity contribution in [2.75, 3.05) is 0 Å². The topological polar surface area (TPSA) is 57.5 Å². The van der Waals surface area contributed by atoms with Gasteiger partial charge < -0.3 is 10.2 Å². The molecular formula is C11H18O3. The maximum absolute atomic E-state index is 10.2. The predicted molar refractivity (Wildman–Crippen MR) is 56.0 cm³/mol. The molecule has 0 rings (SSSR count). The zero-order chi connectivity index (χ0) is 11.0. The molecule has 3 nitrogen and oxygen atoms in total. The molecule has 0 aliphatic carbocycles. The third-order valence-corrected chi connectivity index (χ3v) is 1.96. The summed E-state index contributed by atoms with van der Waals surface area (Å²) in [5.41, 5.74) is 0. The fourth-order valence-electron chi connectivity index (χ4n) is 1.11. The number of aliphatic hydroxyl groups is 1. The average molecular weight is 198 g/mol. The fraction of sp³-hybridized carbons (Fsp3) is 0.545. The molecule has 0 bridgehead atoms. The number of carbonyl (C=O) groups is 1. The minimum Gasteiger partial charge on any atom is -0.478 e. The van der Waals surface area contributed by atoms with Crippen LogP contribution < -0.4 is 0 Å². The van der Waals surface area contributed by atoms with Gasteiger partial charge in [0.25, 0.3) is 0 Å². The van der Waals surface area contributed by atoms with Crippen molar-refractivity contribution in [1.82, 2.24) is 0 Å². The van der Waals surface area contributed by atoms with Gasteiger partial charge in [-0.05, 0) is 25.2 Å². The van der Waals surface area contributed by atoms with Gasteiger partial charge in [-0.25, -0.2) is 4.79 Å². The van der Waals surface area contributed by atoms with Crippen molar-refractivity contribution in [2.45, 2.75) is 32.3 Å². The molecule has 2 atom stereocenters. The zero-order valence-corrected chi connectivity index (χ0v) is 8.52. The van der Waals surface area contributed by atoms with E-state index in [1.54, 1.807) is 12.2 Å². The number of carboxylic acid groups (broad SMARTS) is 1. The first-order valence-electron chi connectivity index (χ1n) is 4.76. The minimum atomic E-state index is -0.927. The van der Waals surface area contributed by atoms with E-state index in [2.05, 4.69) is 6.58 Å². The third-order valence-electron chi connectivity index (χ3n) is 1.96. The van der Waals surface area contributed by atoms with Gasteiger partial charge in [-0.3, -0.25) is 0 Å². The zero-order valence-electron chi connectivity index (χ0n) is 8.52. The Balaban J connectivity index is 3.67. The van der Waals surface area contributed by atoms with Gasteiger partial charge >= 0.3 is 5.97 Å². The van der Waals surface area contributed by atoms with Crippen LogP contribution in [0.25, 0.3) is 0 Å². The molecule has 0 saturated carbocycles. The van der Waals surface area contributed by atoms with Crippen LogP contribution in [-0.4, -0.2) is 22.3 Å². The SMILES string of the molecule is C=CC[C@H](O)CC[C@H](C)/C=C/C(=O)O. The van der Waals surface area contributed by atoms with Gasteiger partial charge in [0, 0.05) is 6.08 Å². The normalized spacial score (nSPS) is 15.3. The second-order valence-corrected chi connectivity index (χ2v) is 3.43. The van der Waals surface area contributed by atoms with E-state index in [0.29, 0.717) is 12.8 Å². The lowest BCUT2D eigenvalue weighted by Gasteiger charge is -2.09. The lowest BCUT2D eigenvalue weighted by molar-refractivity contribution is -0.131. The highest BCUT2D eigenvalue weighted by Crippen LogP contribution is 2.11. The van der Waals surface area contributed by atoms with Crippen LogP contribution in [0.3, 0.4) is 0 Å². The molecule has 0 saturated heterocycles. The number of hydrogen-bond donors (Lipinski definition) is 2. The van der Waals surface area contributed by atoms with Crippen LogP contribution in [0.2, 0.25) is 0 Å². The van der Waals surface area contributed by atoms with Crippen LogP contribution >= 0.6 is 0 Å². The molecule has 0 aliphatic heterocycles. The van der Waals surface area contributed by atoms with Crippen LogP contribution in [0.15, 0.2) is 24.8 Å². The standard InChI is InChI=1S/C11H18O3/c1-3-4-10(12)7-5-9(2)6-8-11(13)14/h3,6,8-10,12H,1,4-5,7H2,2H3,(H,13,14)/b8-6+/t9-,10-/m0/s1. The Kier molecular flexibility index (Phi) is 6.76. The van der Waals surface area contributed by atoms with Crippen LogP contribution in [0, 0.1) is 5.92 Å². The number of allylic oxidation sites excluding steroid dienone is 1. The van der Waals surface area contributed by atoms with Crippen molar-refractivity contribution >= 4 is 5.97 Å². The Morgan fingerprint density at radius 2 is 2.14 bits per heavy atom. The van der Waals surface area contributed by atoms with E-state index in [4.69, 9.17) is 5.11 Å². The molecule has 0 radical (unpaired) electrons. The first-order valence-corrected chi connectivity index (χ1v) is 4.76. The van der Waals surface area contributed by atoms with Gasteiger partial charge in [-0.2, -0.15) is 0 Å². The smallest absolute Gasteiger partial charge is 0.327 e. The summed E-state index contributed by atoms with van der Waals surface area (Å²) in [6, 6.07) is 0. The average Bonchev–Trinajstić information content (AvgIpc) is 2.12. The number of carboxylic acids is 1. The van der Waals surface area contributed by atoms with Gasteiger partial charge in [0.05, 0.1) is 6.10 Å². The molecule has 0 aromatic carbocycles. The molecule has 0 spiro atoms. The van der Waals surface area contributed by atoms with E-state index in [-0.39, 0.29) is 12.0 Å². The molecule has 0 heterocycles. The molecule has 2 N–H and O–H groups in total. The van der Waals surface area contributed by atoms with Crippen molar-refractivity contribution in [2.24, 2.45) is 5.92 Å². The summed E-state index contributed by atoms with van der Waals surface area (Å²) >= 11 is 0. The molecule has 3 heteroatoms. The highest BCUT2D eigenvalue weighted by Gasteiger charge is 2.04. The largest absolute Gasteiger partial charge is 0.478 e. The highest BCUT2D eigenvalue weighted by molar-refractivity contribution is 5.79. The van der Waals surface area contributed by atoms with Crippen LogP contribution in [0.5, 0.6) is 0 Å². The van der Waals surface area contributed by atoms with Gasteiger partial charge in [-0.15, -0.1) is 6.58 Å². The molecular weight excluding hydrogens is 180 g/mol. The Hall–Kier alpha value is -1.09. The summed E-state index contributed by atoms with van der Waals surface area (Å²) in [5, 5.41) is 17.7. The Labute approximate surface area is 84.8 Å². The minimum absolute atomic E-state index is 0.186. The van der Waals surface area contributed by atoms with Crippen LogP contribution in [0.4, 0.5) is 0 Å². The summed E-state index contributed by atoms with van der Waals surface area (Å²) in [5.74, 6) is -0.742. The fourth-order valence-corrected chi connectivity index (χ4v) is 1.11. The van der Waals surface area contributed by atoms with Crippen LogP contribution in [0.1, 0.15) is 26.2 Å². The summed E-state index contributed by atoms with van der Waals surface area (Å²) in [6.45, 7) is 5.47. The van der Waals surface area contributed by atoms with Gasteiger partial charge in [0.1, 0.15) is 0 Å². The van der Waals surface area contributed by atoms with E-state index in [9.17, 15) is 9.90 Å².